The van der Waals surface area contributed by atoms with Gasteiger partial charge in [0.15, 0.2) is 0 Å². The first-order chi connectivity index (χ1) is 15.9. The molecule has 1 heterocycles. The van der Waals surface area contributed by atoms with Gasteiger partial charge in [-0.15, -0.1) is 0 Å². The Morgan fingerprint density at radius 2 is 1.65 bits per heavy atom. The Morgan fingerprint density at radius 1 is 1.06 bits per heavy atom. The zero-order valence-electron chi connectivity index (χ0n) is 19.1. The van der Waals surface area contributed by atoms with Crippen LogP contribution in [-0.4, -0.2) is 74.6 Å². The lowest BCUT2D eigenvalue weighted by Crippen LogP contribution is -2.57. The maximum absolute atomic E-state index is 12.9. The second-order valence-electron chi connectivity index (χ2n) is 8.23. The molecule has 4 amide bonds. The number of aliphatic carboxylic acids is 1. The number of amides is 4. The van der Waals surface area contributed by atoms with Crippen LogP contribution in [0.1, 0.15) is 38.8 Å². The molecule has 14 heteroatoms. The lowest BCUT2D eigenvalue weighted by atomic mass is 10.0. The number of nitrogens with one attached hydrogen (secondary N) is 4. The number of hydrogen-bond acceptors (Lipinski definition) is 8. The number of aromatic amines is 1. The number of carboxylic acid groups (broad SMARTS) is 1. The number of rotatable bonds is 15. The Hall–Kier alpha value is -3.13. The van der Waals surface area contributed by atoms with Crippen molar-refractivity contribution in [3.63, 3.8) is 0 Å². The average molecular weight is 500 g/mol. The van der Waals surface area contributed by atoms with Gasteiger partial charge in [0, 0.05) is 30.5 Å². The molecule has 0 spiro atoms. The number of aromatic nitrogens is 2. The van der Waals surface area contributed by atoms with E-state index in [1.54, 1.807) is 0 Å². The minimum Gasteiger partial charge on any atom is -0.480 e. The van der Waals surface area contributed by atoms with Crippen molar-refractivity contribution < 1.29 is 29.1 Å². The van der Waals surface area contributed by atoms with E-state index in [1.165, 1.54) is 12.5 Å². The Morgan fingerprint density at radius 3 is 2.15 bits per heavy atom. The van der Waals surface area contributed by atoms with Crippen LogP contribution < -0.4 is 27.4 Å². The van der Waals surface area contributed by atoms with E-state index in [0.717, 1.165) is 0 Å². The van der Waals surface area contributed by atoms with Crippen molar-refractivity contribution >= 4 is 42.2 Å². The van der Waals surface area contributed by atoms with Crippen LogP contribution in [0, 0.1) is 5.92 Å². The van der Waals surface area contributed by atoms with E-state index in [-0.39, 0.29) is 37.4 Å². The van der Waals surface area contributed by atoms with Gasteiger partial charge >= 0.3 is 5.97 Å². The summed E-state index contributed by atoms with van der Waals surface area (Å²) in [4.78, 5) is 67.5. The lowest BCUT2D eigenvalue weighted by Gasteiger charge is -2.25. The molecular weight excluding hydrogens is 466 g/mol. The third-order valence-electron chi connectivity index (χ3n) is 4.78. The van der Waals surface area contributed by atoms with Crippen molar-refractivity contribution in [2.24, 2.45) is 17.4 Å². The summed E-state index contributed by atoms with van der Waals surface area (Å²) in [7, 11) is 0. The van der Waals surface area contributed by atoms with Crippen molar-refractivity contribution in [2.45, 2.75) is 63.7 Å². The number of carbonyl (C=O) groups excluding carboxylic acids is 4. The summed E-state index contributed by atoms with van der Waals surface area (Å²) >= 11 is 3.97. The summed E-state index contributed by atoms with van der Waals surface area (Å²) in [6.45, 7) is 3.68. The summed E-state index contributed by atoms with van der Waals surface area (Å²) in [5, 5.41) is 16.9. The van der Waals surface area contributed by atoms with Gasteiger partial charge < -0.3 is 37.5 Å². The summed E-state index contributed by atoms with van der Waals surface area (Å²) in [6.07, 6.45) is 2.56. The number of hydrogen-bond donors (Lipinski definition) is 8. The molecule has 0 radical (unpaired) electrons. The van der Waals surface area contributed by atoms with Crippen LogP contribution >= 0.6 is 12.6 Å². The number of carbonyl (C=O) groups is 5. The maximum Gasteiger partial charge on any atom is 0.326 e. The normalized spacial score (nSPS) is 14.5. The summed E-state index contributed by atoms with van der Waals surface area (Å²) < 4.78 is 0. The van der Waals surface area contributed by atoms with E-state index >= 15 is 0 Å². The topological polar surface area (TPSA) is 222 Å². The first-order valence-electron chi connectivity index (χ1n) is 10.7. The number of thiol groups is 1. The van der Waals surface area contributed by atoms with Gasteiger partial charge in [0.1, 0.15) is 18.1 Å². The molecule has 13 nitrogen and oxygen atoms in total. The van der Waals surface area contributed by atoms with E-state index < -0.39 is 53.8 Å². The molecular formula is C20H33N7O6S. The van der Waals surface area contributed by atoms with Gasteiger partial charge in [-0.3, -0.25) is 19.2 Å². The molecule has 0 aliphatic carbocycles. The SMILES string of the molecule is CC(C)CC(NC(=O)C(N)CS)C(=O)NC(CCC(N)=O)C(=O)NC(Cc1cnc[nH]1)C(=O)O. The number of nitrogens with zero attached hydrogens (tertiary/aromatic N) is 1. The molecule has 0 aromatic carbocycles. The fourth-order valence-electron chi connectivity index (χ4n) is 2.98. The number of nitrogens with two attached hydrogens (primary N) is 2. The number of carboxylic acids is 1. The van der Waals surface area contributed by atoms with Gasteiger partial charge in [0.25, 0.3) is 0 Å². The van der Waals surface area contributed by atoms with Gasteiger partial charge in [0.2, 0.25) is 23.6 Å². The monoisotopic (exact) mass is 499 g/mol. The molecule has 1 rings (SSSR count). The van der Waals surface area contributed by atoms with E-state index in [2.05, 4.69) is 38.5 Å². The first-order valence-corrected chi connectivity index (χ1v) is 11.3. The summed E-state index contributed by atoms with van der Waals surface area (Å²) in [5.41, 5.74) is 11.3. The molecule has 1 aromatic rings. The van der Waals surface area contributed by atoms with Gasteiger partial charge in [-0.25, -0.2) is 9.78 Å². The predicted molar refractivity (Wildman–Crippen MR) is 125 cm³/mol. The third-order valence-corrected chi connectivity index (χ3v) is 5.17. The van der Waals surface area contributed by atoms with E-state index in [4.69, 9.17) is 11.5 Å². The molecule has 0 aliphatic rings. The lowest BCUT2D eigenvalue weighted by molar-refractivity contribution is -0.142. The van der Waals surface area contributed by atoms with Crippen LogP contribution in [0.4, 0.5) is 0 Å². The highest BCUT2D eigenvalue weighted by atomic mass is 32.1. The van der Waals surface area contributed by atoms with Crippen molar-refractivity contribution in [2.75, 3.05) is 5.75 Å². The highest BCUT2D eigenvalue weighted by Crippen LogP contribution is 2.08. The summed E-state index contributed by atoms with van der Waals surface area (Å²) in [6, 6.07) is -4.53. The van der Waals surface area contributed by atoms with Crippen LogP contribution in [-0.2, 0) is 30.4 Å². The van der Waals surface area contributed by atoms with Crippen molar-refractivity contribution in [1.29, 1.82) is 0 Å². The Bertz CT molecular complexity index is 848. The molecule has 0 saturated heterocycles. The van der Waals surface area contributed by atoms with Crippen LogP contribution in [0.25, 0.3) is 0 Å². The third kappa shape index (κ3) is 10.2. The van der Waals surface area contributed by atoms with E-state index in [9.17, 15) is 29.1 Å². The van der Waals surface area contributed by atoms with E-state index in [1.807, 2.05) is 13.8 Å². The van der Waals surface area contributed by atoms with Gasteiger partial charge in [-0.2, -0.15) is 12.6 Å². The highest BCUT2D eigenvalue weighted by Gasteiger charge is 2.31. The number of imidazole rings is 1. The molecule has 0 saturated carbocycles. The molecule has 9 N–H and O–H groups in total. The minimum atomic E-state index is -1.32. The standard InChI is InChI=1S/C20H33N7O6S/c1-10(2)5-14(26-17(29)12(21)8-34)19(31)25-13(3-4-16(22)28)18(30)27-15(20(32)33)6-11-7-23-9-24-11/h7,9-10,12-15,34H,3-6,8,21H2,1-2H3,(H2,22,28)(H,23,24)(H,25,31)(H,26,29)(H,27,30)(H,32,33). The Kier molecular flexibility index (Phi) is 12.1. The van der Waals surface area contributed by atoms with Gasteiger partial charge in [-0.1, -0.05) is 13.8 Å². The smallest absolute Gasteiger partial charge is 0.326 e. The fourth-order valence-corrected chi connectivity index (χ4v) is 3.15. The van der Waals surface area contributed by atoms with Crippen molar-refractivity contribution in [3.05, 3.63) is 18.2 Å². The number of primary amides is 1. The second kappa shape index (κ2) is 14.2. The zero-order chi connectivity index (χ0) is 25.8. The van der Waals surface area contributed by atoms with Crippen molar-refractivity contribution in [3.8, 4) is 0 Å². The largest absolute Gasteiger partial charge is 0.480 e. The molecule has 4 atom stereocenters. The predicted octanol–water partition coefficient (Wildman–Crippen LogP) is -1.94. The second-order valence-corrected chi connectivity index (χ2v) is 8.59. The number of H-pyrrole nitrogens is 1. The van der Waals surface area contributed by atoms with Crippen LogP contribution in [0.2, 0.25) is 0 Å². The molecule has 0 fully saturated rings. The minimum absolute atomic E-state index is 0.00645. The molecule has 190 valence electrons. The first kappa shape index (κ1) is 28.9. The van der Waals surface area contributed by atoms with Gasteiger partial charge in [0.05, 0.1) is 12.4 Å². The maximum atomic E-state index is 12.9. The summed E-state index contributed by atoms with van der Waals surface area (Å²) in [5.74, 6) is -4.01. The molecule has 1 aromatic heterocycles. The molecule has 0 aliphatic heterocycles. The Labute approximate surface area is 202 Å². The molecule has 4 unspecified atom stereocenters. The zero-order valence-corrected chi connectivity index (χ0v) is 20.0. The van der Waals surface area contributed by atoms with Crippen LogP contribution in [0.3, 0.4) is 0 Å². The van der Waals surface area contributed by atoms with E-state index in [0.29, 0.717) is 5.69 Å². The average Bonchev–Trinajstić information content (AvgIpc) is 3.27. The quantitative estimate of drug-likeness (QED) is 0.126. The van der Waals surface area contributed by atoms with Crippen molar-refractivity contribution in [1.82, 2.24) is 25.9 Å². The van der Waals surface area contributed by atoms with Gasteiger partial charge in [-0.05, 0) is 18.8 Å². The Balaban J connectivity index is 3.00. The fraction of sp³-hybridized carbons (Fsp3) is 0.600. The molecule has 34 heavy (non-hydrogen) atoms. The molecule has 0 bridgehead atoms. The van der Waals surface area contributed by atoms with Crippen LogP contribution in [0.15, 0.2) is 12.5 Å². The van der Waals surface area contributed by atoms with Crippen LogP contribution in [0.5, 0.6) is 0 Å². The highest BCUT2D eigenvalue weighted by molar-refractivity contribution is 7.80.